The van der Waals surface area contributed by atoms with Gasteiger partial charge < -0.3 is 4.74 Å². The summed E-state index contributed by atoms with van der Waals surface area (Å²) >= 11 is 0. The number of carbonyl (C=O) groups is 1. The fraction of sp³-hybridized carbons (Fsp3) is 0.278. The van der Waals surface area contributed by atoms with Gasteiger partial charge >= 0.3 is 0 Å². The summed E-state index contributed by atoms with van der Waals surface area (Å²) in [6, 6.07) is 17.4. The first-order valence-corrected chi connectivity index (χ1v) is 7.14. The van der Waals surface area contributed by atoms with E-state index < -0.39 is 0 Å². The molecule has 3 rings (SSSR count). The number of benzene rings is 2. The van der Waals surface area contributed by atoms with Crippen molar-refractivity contribution >= 4 is 5.78 Å². The van der Waals surface area contributed by atoms with Crippen molar-refractivity contribution in [3.8, 4) is 5.75 Å². The Morgan fingerprint density at radius 1 is 1.00 bits per heavy atom. The van der Waals surface area contributed by atoms with E-state index in [4.69, 9.17) is 4.74 Å². The van der Waals surface area contributed by atoms with E-state index in [9.17, 15) is 4.79 Å². The molecule has 0 radical (unpaired) electrons. The van der Waals surface area contributed by atoms with Crippen LogP contribution < -0.4 is 4.74 Å². The summed E-state index contributed by atoms with van der Waals surface area (Å²) in [6.07, 6.45) is 3.67. The average molecular weight is 266 g/mol. The zero-order valence-corrected chi connectivity index (χ0v) is 11.4. The number of Topliss-reactive ketones (excluding diaryl/α,β-unsaturated/α-hetero) is 1. The van der Waals surface area contributed by atoms with Crippen molar-refractivity contribution in [2.24, 2.45) is 0 Å². The third kappa shape index (κ3) is 2.74. The molecule has 0 atom stereocenters. The summed E-state index contributed by atoms with van der Waals surface area (Å²) in [5, 5.41) is 0. The van der Waals surface area contributed by atoms with Crippen molar-refractivity contribution in [1.29, 1.82) is 0 Å². The van der Waals surface area contributed by atoms with E-state index in [2.05, 4.69) is 6.07 Å². The fourth-order valence-electron chi connectivity index (χ4n) is 2.57. The normalized spacial score (nSPS) is 14.6. The van der Waals surface area contributed by atoms with Crippen LogP contribution in [0.4, 0.5) is 0 Å². The molecule has 2 aromatic carbocycles. The van der Waals surface area contributed by atoms with E-state index in [1.807, 2.05) is 48.5 Å². The highest BCUT2D eigenvalue weighted by atomic mass is 16.5. The van der Waals surface area contributed by atoms with Crippen molar-refractivity contribution in [1.82, 2.24) is 0 Å². The highest BCUT2D eigenvalue weighted by molar-refractivity contribution is 5.98. The molecule has 1 saturated carbocycles. The lowest BCUT2D eigenvalue weighted by Crippen LogP contribution is -2.17. The van der Waals surface area contributed by atoms with Gasteiger partial charge in [-0.05, 0) is 36.5 Å². The van der Waals surface area contributed by atoms with Crippen LogP contribution in [0, 0.1) is 0 Å². The summed E-state index contributed by atoms with van der Waals surface area (Å²) in [5.41, 5.74) is 2.02. The maximum absolute atomic E-state index is 12.4. The molecule has 0 bridgehead atoms. The van der Waals surface area contributed by atoms with Crippen molar-refractivity contribution < 1.29 is 9.53 Å². The zero-order chi connectivity index (χ0) is 13.8. The van der Waals surface area contributed by atoms with Gasteiger partial charge in [0.15, 0.2) is 12.4 Å². The summed E-state index contributed by atoms with van der Waals surface area (Å²) in [7, 11) is 0. The monoisotopic (exact) mass is 266 g/mol. The summed E-state index contributed by atoms with van der Waals surface area (Å²) in [5.74, 6) is 1.37. The van der Waals surface area contributed by atoms with Crippen LogP contribution in [0.15, 0.2) is 54.6 Å². The lowest BCUT2D eigenvalue weighted by Gasteiger charge is -2.27. The van der Waals surface area contributed by atoms with Crippen molar-refractivity contribution in [2.75, 3.05) is 6.61 Å². The van der Waals surface area contributed by atoms with E-state index >= 15 is 0 Å². The van der Waals surface area contributed by atoms with E-state index in [0.717, 1.165) is 11.3 Å². The molecule has 0 unspecified atom stereocenters. The molecule has 0 amide bonds. The Balaban J connectivity index is 1.71. The molecule has 2 aromatic rings. The number of ether oxygens (including phenoxy) is 1. The van der Waals surface area contributed by atoms with Crippen molar-refractivity contribution in [3.05, 3.63) is 65.7 Å². The van der Waals surface area contributed by atoms with E-state index in [-0.39, 0.29) is 12.4 Å². The van der Waals surface area contributed by atoms with Gasteiger partial charge in [-0.3, -0.25) is 4.79 Å². The molecule has 0 heterocycles. The largest absolute Gasteiger partial charge is 0.485 e. The van der Waals surface area contributed by atoms with Crippen LogP contribution in [0.2, 0.25) is 0 Å². The van der Waals surface area contributed by atoms with Gasteiger partial charge in [-0.1, -0.05) is 48.9 Å². The first-order valence-electron chi connectivity index (χ1n) is 7.14. The Bertz CT molecular complexity index is 585. The molecule has 1 aliphatic carbocycles. The third-order valence-electron chi connectivity index (χ3n) is 3.92. The van der Waals surface area contributed by atoms with Gasteiger partial charge in [0.25, 0.3) is 0 Å². The standard InChI is InChI=1S/C18H18O2/c19-18(13-20-15-9-2-1-3-10-15)17-12-5-4-11-16(17)14-7-6-8-14/h1-5,9-12,14H,6-8,13H2. The molecule has 1 aliphatic rings. The van der Waals surface area contributed by atoms with Crippen LogP contribution in [0.5, 0.6) is 5.75 Å². The van der Waals surface area contributed by atoms with Gasteiger partial charge in [0.05, 0.1) is 0 Å². The predicted octanol–water partition coefficient (Wildman–Crippen LogP) is 4.22. The molecule has 0 aliphatic heterocycles. The van der Waals surface area contributed by atoms with Crippen molar-refractivity contribution in [2.45, 2.75) is 25.2 Å². The molecule has 1 fully saturated rings. The minimum absolute atomic E-state index is 0.0661. The van der Waals surface area contributed by atoms with Crippen LogP contribution in [-0.4, -0.2) is 12.4 Å². The Kier molecular flexibility index (Phi) is 3.82. The van der Waals surface area contributed by atoms with Gasteiger partial charge in [0.1, 0.15) is 5.75 Å². The Hall–Kier alpha value is -2.09. The fourth-order valence-corrected chi connectivity index (χ4v) is 2.57. The highest BCUT2D eigenvalue weighted by Crippen LogP contribution is 2.38. The van der Waals surface area contributed by atoms with E-state index in [1.165, 1.54) is 24.8 Å². The molecule has 102 valence electrons. The van der Waals surface area contributed by atoms with Gasteiger partial charge in [0.2, 0.25) is 0 Å². The summed E-state index contributed by atoms with van der Waals surface area (Å²) in [4.78, 5) is 12.4. The number of hydrogen-bond donors (Lipinski definition) is 0. The number of carbonyl (C=O) groups excluding carboxylic acids is 1. The Morgan fingerprint density at radius 2 is 1.70 bits per heavy atom. The zero-order valence-electron chi connectivity index (χ0n) is 11.4. The van der Waals surface area contributed by atoms with E-state index in [0.29, 0.717) is 5.92 Å². The number of rotatable bonds is 5. The molecular formula is C18H18O2. The molecule has 0 saturated heterocycles. The van der Waals surface area contributed by atoms with Gasteiger partial charge in [-0.25, -0.2) is 0 Å². The quantitative estimate of drug-likeness (QED) is 0.757. The number of ketones is 1. The molecule has 20 heavy (non-hydrogen) atoms. The van der Waals surface area contributed by atoms with Gasteiger partial charge in [-0.2, -0.15) is 0 Å². The van der Waals surface area contributed by atoms with Crippen LogP contribution in [-0.2, 0) is 0 Å². The van der Waals surface area contributed by atoms with Crippen LogP contribution in [0.1, 0.15) is 41.1 Å². The minimum Gasteiger partial charge on any atom is -0.485 e. The maximum Gasteiger partial charge on any atom is 0.200 e. The van der Waals surface area contributed by atoms with Crippen LogP contribution >= 0.6 is 0 Å². The van der Waals surface area contributed by atoms with Gasteiger partial charge in [0, 0.05) is 5.56 Å². The first kappa shape index (κ1) is 12.9. The molecule has 0 spiro atoms. The second-order valence-corrected chi connectivity index (χ2v) is 5.24. The smallest absolute Gasteiger partial charge is 0.200 e. The maximum atomic E-state index is 12.4. The summed E-state index contributed by atoms with van der Waals surface area (Å²) < 4.78 is 5.56. The second-order valence-electron chi connectivity index (χ2n) is 5.24. The summed E-state index contributed by atoms with van der Waals surface area (Å²) in [6.45, 7) is 0.105. The third-order valence-corrected chi connectivity index (χ3v) is 3.92. The number of para-hydroxylation sites is 1. The Labute approximate surface area is 119 Å². The molecule has 2 nitrogen and oxygen atoms in total. The molecular weight excluding hydrogens is 248 g/mol. The molecule has 2 heteroatoms. The minimum atomic E-state index is 0.0661. The SMILES string of the molecule is O=C(COc1ccccc1)c1ccccc1C1CCC1. The lowest BCUT2D eigenvalue weighted by molar-refractivity contribution is 0.0919. The highest BCUT2D eigenvalue weighted by Gasteiger charge is 2.24. The van der Waals surface area contributed by atoms with Crippen LogP contribution in [0.25, 0.3) is 0 Å². The second kappa shape index (κ2) is 5.91. The number of hydrogen-bond acceptors (Lipinski definition) is 2. The topological polar surface area (TPSA) is 26.3 Å². The van der Waals surface area contributed by atoms with Crippen LogP contribution in [0.3, 0.4) is 0 Å². The van der Waals surface area contributed by atoms with E-state index in [1.54, 1.807) is 0 Å². The Morgan fingerprint density at radius 3 is 2.40 bits per heavy atom. The lowest BCUT2D eigenvalue weighted by atomic mass is 9.77. The predicted molar refractivity (Wildman–Crippen MR) is 79.3 cm³/mol. The average Bonchev–Trinajstić information content (AvgIpc) is 2.45. The first-order chi connectivity index (χ1) is 9.84. The van der Waals surface area contributed by atoms with Gasteiger partial charge in [-0.15, -0.1) is 0 Å². The van der Waals surface area contributed by atoms with Crippen molar-refractivity contribution in [3.63, 3.8) is 0 Å². The molecule has 0 aromatic heterocycles. The molecule has 0 N–H and O–H groups in total.